The quantitative estimate of drug-likeness (QED) is 0.119. The number of fused-ring (bicyclic) bond motifs is 9. The standard InChI is InChI=1S/C73H51N2OP3/c76-79(61-29-15-5-16-30-61,62-31-17-6-18-32-62)63-41-44-73-69(50-63)68-49-60(78(57-25-11-3-12-26-57)58-27-13-4-14-28-58)40-43-72(68)75(73)54-38-36-52-45-51-35-37-53(46-65(51)66(52)47-54)74-70-34-20-19-33-64(70)67-48-59(39-42-71(67)74)77(55-21-7-1-8-22-55)56-23-9-2-10-24-56/h1-44,46-50H,45H2. The van der Waals surface area contributed by atoms with Crippen LogP contribution in [0.5, 0.6) is 0 Å². The fraction of sp³-hybridized carbons (Fsp3) is 0.0137. The molecule has 0 saturated heterocycles. The van der Waals surface area contributed by atoms with E-state index in [0.29, 0.717) is 0 Å². The zero-order valence-electron chi connectivity index (χ0n) is 43.1. The summed E-state index contributed by atoms with van der Waals surface area (Å²) in [6.07, 6.45) is 0.876. The molecule has 374 valence electrons. The van der Waals surface area contributed by atoms with Crippen molar-refractivity contribution in [3.63, 3.8) is 0 Å². The summed E-state index contributed by atoms with van der Waals surface area (Å²) in [6.45, 7) is 0. The second-order valence-electron chi connectivity index (χ2n) is 20.4. The Hall–Kier alpha value is -8.67. The van der Waals surface area contributed by atoms with Crippen LogP contribution in [0.4, 0.5) is 0 Å². The van der Waals surface area contributed by atoms with Crippen LogP contribution < -0.4 is 47.7 Å². The minimum absolute atomic E-state index is 0.768. The molecule has 0 saturated carbocycles. The maximum absolute atomic E-state index is 16.1. The van der Waals surface area contributed by atoms with Crippen molar-refractivity contribution < 1.29 is 4.57 Å². The van der Waals surface area contributed by atoms with Gasteiger partial charge < -0.3 is 13.7 Å². The van der Waals surface area contributed by atoms with E-state index < -0.39 is 23.0 Å². The number of para-hydroxylation sites is 1. The van der Waals surface area contributed by atoms with Crippen molar-refractivity contribution in [3.05, 3.63) is 308 Å². The molecule has 0 bridgehead atoms. The average Bonchev–Trinajstić information content (AvgIpc) is 4.34. The molecule has 12 aromatic carbocycles. The number of benzene rings is 12. The van der Waals surface area contributed by atoms with Gasteiger partial charge in [-0.1, -0.05) is 224 Å². The van der Waals surface area contributed by atoms with Gasteiger partial charge in [-0.05, 0) is 149 Å². The van der Waals surface area contributed by atoms with Crippen LogP contribution in [0.25, 0.3) is 66.1 Å². The van der Waals surface area contributed by atoms with E-state index in [9.17, 15) is 0 Å². The molecular formula is C73H51N2OP3. The fourth-order valence-electron chi connectivity index (χ4n) is 12.3. The van der Waals surface area contributed by atoms with Crippen LogP contribution in [-0.4, -0.2) is 9.13 Å². The predicted molar refractivity (Wildman–Crippen MR) is 340 cm³/mol. The molecule has 0 amide bonds. The molecule has 1 aliphatic rings. The SMILES string of the molecule is O=P(c1ccccc1)(c1ccccc1)c1ccc2c(c1)c1cc(P(c3ccccc3)c3ccccc3)ccc1n2-c1ccc2c(c1)-c1cc(-n3c4ccccc4c4cc(P(c5ccccc5)c5ccccc5)ccc43)ccc1C2. The highest BCUT2D eigenvalue weighted by Crippen LogP contribution is 2.47. The minimum Gasteiger partial charge on any atom is -0.309 e. The Balaban J connectivity index is 0.895. The number of nitrogens with zero attached hydrogens (tertiary/aromatic N) is 2. The Labute approximate surface area is 462 Å². The molecule has 0 N–H and O–H groups in total. The first-order valence-corrected chi connectivity index (χ1v) is 31.4. The van der Waals surface area contributed by atoms with Gasteiger partial charge in [0.15, 0.2) is 7.14 Å². The summed E-state index contributed by atoms with van der Waals surface area (Å²) in [5.41, 5.74) is 12.0. The van der Waals surface area contributed by atoms with Crippen molar-refractivity contribution in [2.75, 3.05) is 0 Å². The Morgan fingerprint density at radius 2 is 0.633 bits per heavy atom. The highest BCUT2D eigenvalue weighted by molar-refractivity contribution is 7.85. The maximum atomic E-state index is 16.1. The third kappa shape index (κ3) is 8.07. The van der Waals surface area contributed by atoms with Crippen LogP contribution in [0.2, 0.25) is 0 Å². The molecular weight excluding hydrogens is 1010 g/mol. The lowest BCUT2D eigenvalue weighted by Crippen LogP contribution is -2.24. The molecule has 2 aromatic heterocycles. The highest BCUT2D eigenvalue weighted by atomic mass is 31.2. The normalized spacial score (nSPS) is 12.3. The first-order valence-electron chi connectivity index (χ1n) is 27.0. The zero-order chi connectivity index (χ0) is 52.4. The Bertz CT molecular complexity index is 4530. The summed E-state index contributed by atoms with van der Waals surface area (Å²) in [7, 11) is -4.95. The molecule has 79 heavy (non-hydrogen) atoms. The molecule has 2 heterocycles. The van der Waals surface area contributed by atoms with E-state index in [1.165, 1.54) is 75.9 Å². The molecule has 0 atom stereocenters. The lowest BCUT2D eigenvalue weighted by Gasteiger charge is -2.20. The van der Waals surface area contributed by atoms with E-state index in [0.717, 1.165) is 55.5 Å². The second-order valence-corrected chi connectivity index (χ2v) is 27.7. The van der Waals surface area contributed by atoms with Crippen LogP contribution in [0.15, 0.2) is 297 Å². The zero-order valence-corrected chi connectivity index (χ0v) is 45.8. The largest absolute Gasteiger partial charge is 0.309 e. The van der Waals surface area contributed by atoms with Crippen molar-refractivity contribution in [2.24, 2.45) is 0 Å². The first-order chi connectivity index (χ1) is 39.1. The van der Waals surface area contributed by atoms with Crippen LogP contribution >= 0.6 is 23.0 Å². The predicted octanol–water partition coefficient (Wildman–Crippen LogP) is 14.6. The smallest absolute Gasteiger partial charge is 0.171 e. The number of hydrogen-bond acceptors (Lipinski definition) is 1. The summed E-state index contributed by atoms with van der Waals surface area (Å²) in [5, 5.41) is 15.1. The van der Waals surface area contributed by atoms with Gasteiger partial charge >= 0.3 is 0 Å². The molecule has 15 rings (SSSR count). The Morgan fingerprint density at radius 3 is 1.08 bits per heavy atom. The van der Waals surface area contributed by atoms with Crippen molar-refractivity contribution in [1.82, 2.24) is 9.13 Å². The molecule has 0 spiro atoms. The van der Waals surface area contributed by atoms with E-state index in [4.69, 9.17) is 0 Å². The van der Waals surface area contributed by atoms with Crippen LogP contribution in [-0.2, 0) is 11.0 Å². The summed E-state index contributed by atoms with van der Waals surface area (Å²) < 4.78 is 21.0. The summed E-state index contributed by atoms with van der Waals surface area (Å²) in [6, 6.07) is 108. The molecule has 0 unspecified atom stereocenters. The number of rotatable bonds is 11. The van der Waals surface area contributed by atoms with E-state index in [2.05, 4.69) is 246 Å². The number of aromatic nitrogens is 2. The van der Waals surface area contributed by atoms with Crippen molar-refractivity contribution >= 4 is 114 Å². The van der Waals surface area contributed by atoms with Gasteiger partial charge in [-0.25, -0.2) is 0 Å². The average molecular weight is 1070 g/mol. The third-order valence-corrected chi connectivity index (χ3v) is 23.8. The lowest BCUT2D eigenvalue weighted by atomic mass is 10.0. The van der Waals surface area contributed by atoms with Crippen LogP contribution in [0.3, 0.4) is 0 Å². The van der Waals surface area contributed by atoms with Gasteiger partial charge in [0, 0.05) is 48.8 Å². The van der Waals surface area contributed by atoms with Crippen LogP contribution in [0, 0.1) is 0 Å². The van der Waals surface area contributed by atoms with Gasteiger partial charge in [-0.2, -0.15) is 0 Å². The third-order valence-electron chi connectivity index (χ3n) is 15.9. The molecule has 1 aliphatic carbocycles. The summed E-state index contributed by atoms with van der Waals surface area (Å²) in [5.74, 6) is 0. The fourth-order valence-corrected chi connectivity index (χ4v) is 19.6. The maximum Gasteiger partial charge on any atom is 0.171 e. The van der Waals surface area contributed by atoms with E-state index in [1.54, 1.807) is 0 Å². The lowest BCUT2D eigenvalue weighted by molar-refractivity contribution is 0.592. The minimum atomic E-state index is -3.29. The summed E-state index contributed by atoms with van der Waals surface area (Å²) in [4.78, 5) is 0. The van der Waals surface area contributed by atoms with Gasteiger partial charge in [-0.3, -0.25) is 0 Å². The monoisotopic (exact) mass is 1060 g/mol. The van der Waals surface area contributed by atoms with Gasteiger partial charge in [0.05, 0.1) is 22.1 Å². The molecule has 3 nitrogen and oxygen atoms in total. The van der Waals surface area contributed by atoms with Crippen LogP contribution in [0.1, 0.15) is 11.1 Å². The van der Waals surface area contributed by atoms with Crippen molar-refractivity contribution in [2.45, 2.75) is 6.42 Å². The topological polar surface area (TPSA) is 26.9 Å². The molecule has 14 aromatic rings. The molecule has 0 fully saturated rings. The van der Waals surface area contributed by atoms with Gasteiger partial charge in [0.1, 0.15) is 0 Å². The second kappa shape index (κ2) is 19.7. The van der Waals surface area contributed by atoms with Gasteiger partial charge in [0.2, 0.25) is 0 Å². The Kier molecular flexibility index (Phi) is 11.8. The number of hydrogen-bond donors (Lipinski definition) is 0. The van der Waals surface area contributed by atoms with Gasteiger partial charge in [0.25, 0.3) is 0 Å². The molecule has 0 aliphatic heterocycles. The molecule has 0 radical (unpaired) electrons. The Morgan fingerprint density at radius 1 is 0.278 bits per heavy atom. The van der Waals surface area contributed by atoms with E-state index in [-0.39, 0.29) is 0 Å². The molecule has 6 heteroatoms. The van der Waals surface area contributed by atoms with Gasteiger partial charge in [-0.15, -0.1) is 0 Å². The highest BCUT2D eigenvalue weighted by Gasteiger charge is 2.31. The van der Waals surface area contributed by atoms with Crippen molar-refractivity contribution in [1.29, 1.82) is 0 Å². The van der Waals surface area contributed by atoms with Crippen molar-refractivity contribution in [3.8, 4) is 22.5 Å². The van der Waals surface area contributed by atoms with E-state index in [1.807, 2.05) is 60.7 Å². The summed E-state index contributed by atoms with van der Waals surface area (Å²) >= 11 is 0. The first kappa shape index (κ1) is 47.5. The van der Waals surface area contributed by atoms with E-state index >= 15 is 4.57 Å².